The molecule has 3 atom stereocenters. The molecule has 1 amide bonds. The molecule has 2 aliphatic rings. The zero-order chi connectivity index (χ0) is 16.3. The van der Waals surface area contributed by atoms with Crippen molar-refractivity contribution in [3.8, 4) is 0 Å². The van der Waals surface area contributed by atoms with E-state index in [2.05, 4.69) is 65.8 Å². The van der Waals surface area contributed by atoms with Gasteiger partial charge in [0, 0.05) is 6.20 Å². The predicted molar refractivity (Wildman–Crippen MR) is 93.8 cm³/mol. The summed E-state index contributed by atoms with van der Waals surface area (Å²) in [4.78, 5) is 12.2. The number of fused-ring (bicyclic) bond motifs is 3. The highest BCUT2D eigenvalue weighted by molar-refractivity contribution is 9.09. The monoisotopic (exact) mass is 382 g/mol. The molecule has 0 spiro atoms. The first-order valence-electron chi connectivity index (χ1n) is 7.64. The van der Waals surface area contributed by atoms with Crippen LogP contribution in [0, 0.1) is 0 Å². The molecule has 1 aliphatic carbocycles. The minimum Gasteiger partial charge on any atom is -0.546 e. The SMILES string of the molecule is CC(C)(C)[Si](C)(C)OC1=C[C@@H]2NC(=O)c3cccn3[C@@H]2[C@H]1Br. The van der Waals surface area contributed by atoms with Gasteiger partial charge in [-0.3, -0.25) is 4.79 Å². The van der Waals surface area contributed by atoms with Crippen LogP contribution < -0.4 is 5.32 Å². The fourth-order valence-corrected chi connectivity index (χ4v) is 4.86. The minimum absolute atomic E-state index is 0.0171. The molecule has 1 N–H and O–H groups in total. The molecule has 0 saturated carbocycles. The molecule has 0 fully saturated rings. The van der Waals surface area contributed by atoms with Crippen molar-refractivity contribution in [3.63, 3.8) is 0 Å². The van der Waals surface area contributed by atoms with Crippen molar-refractivity contribution in [3.05, 3.63) is 35.9 Å². The number of carbonyl (C=O) groups is 1. The van der Waals surface area contributed by atoms with Gasteiger partial charge in [0.15, 0.2) is 0 Å². The maximum Gasteiger partial charge on any atom is 0.268 e. The Morgan fingerprint density at radius 3 is 2.68 bits per heavy atom. The van der Waals surface area contributed by atoms with Crippen LogP contribution in [0.5, 0.6) is 0 Å². The molecular formula is C16H23BrN2O2Si. The van der Waals surface area contributed by atoms with Crippen LogP contribution >= 0.6 is 15.9 Å². The number of nitrogens with one attached hydrogen (secondary N) is 1. The van der Waals surface area contributed by atoms with Gasteiger partial charge in [-0.15, -0.1) is 0 Å². The lowest BCUT2D eigenvalue weighted by Gasteiger charge is -2.38. The number of hydrogen-bond donors (Lipinski definition) is 1. The Morgan fingerprint density at radius 1 is 1.36 bits per heavy atom. The van der Waals surface area contributed by atoms with E-state index in [4.69, 9.17) is 4.43 Å². The summed E-state index contributed by atoms with van der Waals surface area (Å²) in [6.07, 6.45) is 4.05. The Hall–Kier alpha value is -1.01. The third-order valence-corrected chi connectivity index (χ3v) is 10.4. The Morgan fingerprint density at radius 2 is 2.05 bits per heavy atom. The summed E-state index contributed by atoms with van der Waals surface area (Å²) in [5, 5.41) is 3.22. The van der Waals surface area contributed by atoms with Crippen molar-refractivity contribution in [2.24, 2.45) is 0 Å². The van der Waals surface area contributed by atoms with Crippen LogP contribution in [0.25, 0.3) is 0 Å². The minimum atomic E-state index is -1.89. The lowest BCUT2D eigenvalue weighted by Crippen LogP contribution is -2.46. The summed E-state index contributed by atoms with van der Waals surface area (Å²) in [7, 11) is -1.89. The molecule has 1 aliphatic heterocycles. The number of nitrogens with zero attached hydrogens (tertiary/aromatic N) is 1. The average Bonchev–Trinajstić information content (AvgIpc) is 2.94. The first-order valence-corrected chi connectivity index (χ1v) is 11.5. The number of amides is 1. The number of aromatic nitrogens is 1. The second-order valence-electron chi connectivity index (χ2n) is 7.62. The lowest BCUT2D eigenvalue weighted by atomic mass is 10.1. The molecule has 3 rings (SSSR count). The topological polar surface area (TPSA) is 43.3 Å². The average molecular weight is 383 g/mol. The van der Waals surface area contributed by atoms with E-state index >= 15 is 0 Å². The fourth-order valence-electron chi connectivity index (χ4n) is 2.77. The van der Waals surface area contributed by atoms with E-state index < -0.39 is 8.32 Å². The van der Waals surface area contributed by atoms with E-state index in [1.54, 1.807) is 0 Å². The summed E-state index contributed by atoms with van der Waals surface area (Å²) in [6, 6.07) is 3.90. The molecule has 0 bridgehead atoms. The number of allylic oxidation sites excluding steroid dienone is 1. The van der Waals surface area contributed by atoms with Gasteiger partial charge in [0.05, 0.1) is 22.7 Å². The summed E-state index contributed by atoms with van der Waals surface area (Å²) in [6.45, 7) is 11.2. The van der Waals surface area contributed by atoms with Gasteiger partial charge in [-0.2, -0.15) is 0 Å². The molecule has 22 heavy (non-hydrogen) atoms. The van der Waals surface area contributed by atoms with Crippen LogP contribution in [0.1, 0.15) is 37.3 Å². The van der Waals surface area contributed by atoms with Crippen LogP contribution in [0.3, 0.4) is 0 Å². The molecule has 120 valence electrons. The number of hydrogen-bond acceptors (Lipinski definition) is 2. The maximum absolute atomic E-state index is 12.1. The van der Waals surface area contributed by atoms with E-state index in [0.717, 1.165) is 5.76 Å². The van der Waals surface area contributed by atoms with Crippen molar-refractivity contribution in [1.29, 1.82) is 0 Å². The van der Waals surface area contributed by atoms with Crippen LogP contribution in [0.15, 0.2) is 30.2 Å². The second kappa shape index (κ2) is 4.99. The van der Waals surface area contributed by atoms with Crippen LogP contribution in [-0.4, -0.2) is 29.7 Å². The zero-order valence-electron chi connectivity index (χ0n) is 13.7. The third-order valence-electron chi connectivity index (χ3n) is 5.09. The summed E-state index contributed by atoms with van der Waals surface area (Å²) < 4.78 is 8.54. The van der Waals surface area contributed by atoms with Crippen molar-refractivity contribution in [2.75, 3.05) is 0 Å². The van der Waals surface area contributed by atoms with Crippen molar-refractivity contribution >= 4 is 30.2 Å². The molecule has 4 nitrogen and oxygen atoms in total. The summed E-state index contributed by atoms with van der Waals surface area (Å²) >= 11 is 3.80. The molecule has 2 heterocycles. The van der Waals surface area contributed by atoms with Gasteiger partial charge in [-0.25, -0.2) is 0 Å². The predicted octanol–water partition coefficient (Wildman–Crippen LogP) is 3.82. The summed E-state index contributed by atoms with van der Waals surface area (Å²) in [5.41, 5.74) is 0.715. The van der Waals surface area contributed by atoms with E-state index in [1.165, 1.54) is 0 Å². The normalized spacial score (nSPS) is 27.8. The fraction of sp³-hybridized carbons (Fsp3) is 0.562. The molecule has 0 radical (unpaired) electrons. The van der Waals surface area contributed by atoms with E-state index in [0.29, 0.717) is 5.69 Å². The molecular weight excluding hydrogens is 360 g/mol. The molecule has 0 saturated heterocycles. The van der Waals surface area contributed by atoms with Gasteiger partial charge in [-0.1, -0.05) is 36.7 Å². The Kier molecular flexibility index (Phi) is 3.60. The number of halogens is 1. The zero-order valence-corrected chi connectivity index (χ0v) is 16.3. The quantitative estimate of drug-likeness (QED) is 0.623. The first-order chi connectivity index (χ1) is 10.1. The van der Waals surface area contributed by atoms with Crippen LogP contribution in [-0.2, 0) is 4.43 Å². The van der Waals surface area contributed by atoms with Gasteiger partial charge in [0.25, 0.3) is 5.91 Å². The molecule has 1 aromatic heterocycles. The van der Waals surface area contributed by atoms with E-state index in [-0.39, 0.29) is 27.9 Å². The van der Waals surface area contributed by atoms with Crippen molar-refractivity contribution < 1.29 is 9.22 Å². The van der Waals surface area contributed by atoms with Crippen LogP contribution in [0.4, 0.5) is 0 Å². The van der Waals surface area contributed by atoms with E-state index in [1.807, 2.05) is 18.3 Å². The number of alkyl halides is 1. The Balaban J connectivity index is 1.90. The largest absolute Gasteiger partial charge is 0.546 e. The summed E-state index contributed by atoms with van der Waals surface area (Å²) in [5.74, 6) is 0.944. The highest BCUT2D eigenvalue weighted by atomic mass is 79.9. The van der Waals surface area contributed by atoms with Crippen molar-refractivity contribution in [1.82, 2.24) is 9.88 Å². The highest BCUT2D eigenvalue weighted by Gasteiger charge is 2.47. The van der Waals surface area contributed by atoms with Gasteiger partial charge < -0.3 is 14.3 Å². The van der Waals surface area contributed by atoms with Gasteiger partial charge in [-0.05, 0) is 36.3 Å². The van der Waals surface area contributed by atoms with Gasteiger partial charge in [0.1, 0.15) is 5.69 Å². The third kappa shape index (κ3) is 2.36. The molecule has 0 aromatic carbocycles. The second-order valence-corrected chi connectivity index (χ2v) is 13.3. The molecule has 6 heteroatoms. The molecule has 0 unspecified atom stereocenters. The van der Waals surface area contributed by atoms with Gasteiger partial charge in [0.2, 0.25) is 8.32 Å². The van der Waals surface area contributed by atoms with Gasteiger partial charge >= 0.3 is 0 Å². The Bertz CT molecular complexity index is 645. The molecule has 1 aromatic rings. The first kappa shape index (κ1) is 15.9. The van der Waals surface area contributed by atoms with E-state index in [9.17, 15) is 4.79 Å². The number of rotatable bonds is 2. The van der Waals surface area contributed by atoms with Crippen molar-refractivity contribution in [2.45, 2.75) is 55.8 Å². The number of carbonyl (C=O) groups excluding carboxylic acids is 1. The lowest BCUT2D eigenvalue weighted by molar-refractivity contribution is 0.0900. The van der Waals surface area contributed by atoms with Crippen LogP contribution in [0.2, 0.25) is 18.1 Å². The smallest absolute Gasteiger partial charge is 0.268 e. The highest BCUT2D eigenvalue weighted by Crippen LogP contribution is 2.44. The standard InChI is InChI=1S/C16H23BrN2O2Si/c1-16(2,3)22(4,5)21-12-9-10-14(13(12)17)19-8-6-7-11(19)15(20)18-10/h6-10,13-14H,1-5H3,(H,18,20)/t10-,13-,14-/m0/s1. The maximum atomic E-state index is 12.1. The Labute approximate surface area is 141 Å².